The summed E-state index contributed by atoms with van der Waals surface area (Å²) in [5.74, 6) is -0.967. The van der Waals surface area contributed by atoms with Gasteiger partial charge in [0, 0.05) is 11.9 Å². The van der Waals surface area contributed by atoms with Crippen LogP contribution in [0.25, 0.3) is 0 Å². The first kappa shape index (κ1) is 14.7. The van der Waals surface area contributed by atoms with E-state index in [0.29, 0.717) is 0 Å². The van der Waals surface area contributed by atoms with E-state index >= 15 is 0 Å². The van der Waals surface area contributed by atoms with Crippen LogP contribution in [0.4, 0.5) is 13.2 Å². The van der Waals surface area contributed by atoms with Crippen LogP contribution in [0.2, 0.25) is 0 Å². The summed E-state index contributed by atoms with van der Waals surface area (Å²) >= 11 is 3.25. The summed E-state index contributed by atoms with van der Waals surface area (Å²) in [4.78, 5) is 10.9. The Bertz CT molecular complexity index is 216. The topological polar surface area (TPSA) is 29.1 Å². The van der Waals surface area contributed by atoms with Crippen LogP contribution in [-0.4, -0.2) is 24.0 Å². The Kier molecular flexibility index (Phi) is 5.62. The minimum Gasteiger partial charge on any atom is -0.355 e. The van der Waals surface area contributed by atoms with E-state index < -0.39 is 18.5 Å². The second-order valence-corrected chi connectivity index (χ2v) is 4.96. The third kappa shape index (κ3) is 8.72. The van der Waals surface area contributed by atoms with E-state index in [-0.39, 0.29) is 12.0 Å². The monoisotopic (exact) mass is 289 g/mol. The van der Waals surface area contributed by atoms with E-state index in [0.717, 1.165) is 11.8 Å². The number of nitrogens with one attached hydrogen (secondary N) is 1. The second kappa shape index (κ2) is 5.72. The van der Waals surface area contributed by atoms with Gasteiger partial charge in [-0.05, 0) is 11.8 Å². The fourth-order valence-corrected chi connectivity index (χ4v) is 2.00. The zero-order valence-electron chi connectivity index (χ0n) is 8.75. The van der Waals surface area contributed by atoms with Crippen LogP contribution < -0.4 is 5.32 Å². The van der Waals surface area contributed by atoms with Crippen molar-refractivity contribution in [2.45, 2.75) is 32.9 Å². The molecule has 0 radical (unpaired) electrons. The summed E-state index contributed by atoms with van der Waals surface area (Å²) in [5.41, 5.74) is -0.190. The molecule has 15 heavy (non-hydrogen) atoms. The van der Waals surface area contributed by atoms with Gasteiger partial charge in [-0.15, -0.1) is 0 Å². The van der Waals surface area contributed by atoms with Crippen molar-refractivity contribution < 1.29 is 18.0 Å². The van der Waals surface area contributed by atoms with Crippen LogP contribution in [0.3, 0.4) is 0 Å². The van der Waals surface area contributed by atoms with Crippen LogP contribution in [-0.2, 0) is 4.79 Å². The highest BCUT2D eigenvalue weighted by atomic mass is 79.9. The fraction of sp³-hybridized carbons (Fsp3) is 0.889. The average molecular weight is 290 g/mol. The number of amides is 1. The molecule has 0 fully saturated rings. The molecule has 0 rings (SSSR count). The van der Waals surface area contributed by atoms with Gasteiger partial charge in [-0.3, -0.25) is 4.79 Å². The van der Waals surface area contributed by atoms with E-state index in [1.165, 1.54) is 0 Å². The molecule has 1 amide bonds. The van der Waals surface area contributed by atoms with Gasteiger partial charge in [0.15, 0.2) is 0 Å². The van der Waals surface area contributed by atoms with Crippen LogP contribution >= 0.6 is 15.9 Å². The van der Waals surface area contributed by atoms with E-state index in [4.69, 9.17) is 0 Å². The summed E-state index contributed by atoms with van der Waals surface area (Å²) in [7, 11) is 0. The first-order valence-corrected chi connectivity index (χ1v) is 5.68. The summed E-state index contributed by atoms with van der Waals surface area (Å²) in [6, 6.07) is 0. The zero-order chi connectivity index (χ0) is 12.1. The summed E-state index contributed by atoms with van der Waals surface area (Å²) in [5, 5.41) is 3.04. The number of alkyl halides is 4. The number of halogens is 4. The molecular weight excluding hydrogens is 275 g/mol. The molecule has 0 aliphatic heterocycles. The molecule has 90 valence electrons. The lowest BCUT2D eigenvalue weighted by molar-refractivity contribution is -0.154. The van der Waals surface area contributed by atoms with Gasteiger partial charge < -0.3 is 5.32 Å². The lowest BCUT2D eigenvalue weighted by atomic mass is 9.90. The Morgan fingerprint density at radius 3 is 2.27 bits per heavy atom. The Hall–Kier alpha value is -0.260. The van der Waals surface area contributed by atoms with Crippen molar-refractivity contribution in [3.05, 3.63) is 0 Å². The summed E-state index contributed by atoms with van der Waals surface area (Å²) < 4.78 is 35.4. The molecule has 1 N–H and O–H groups in total. The SMILES string of the molecule is CC(C)(CCBr)CNC(=O)CC(F)(F)F. The molecular formula is C9H15BrF3NO. The van der Waals surface area contributed by atoms with Crippen molar-refractivity contribution in [2.75, 3.05) is 11.9 Å². The maximum absolute atomic E-state index is 11.8. The highest BCUT2D eigenvalue weighted by molar-refractivity contribution is 9.09. The maximum atomic E-state index is 11.8. The zero-order valence-corrected chi connectivity index (χ0v) is 10.3. The summed E-state index contributed by atoms with van der Waals surface area (Å²) in [6.45, 7) is 4.04. The first-order valence-electron chi connectivity index (χ1n) is 4.56. The average Bonchev–Trinajstić information content (AvgIpc) is 1.98. The number of hydrogen-bond donors (Lipinski definition) is 1. The molecule has 0 spiro atoms. The molecule has 0 atom stereocenters. The Labute approximate surface area is 95.7 Å². The third-order valence-corrected chi connectivity index (χ3v) is 2.29. The Morgan fingerprint density at radius 2 is 1.87 bits per heavy atom. The first-order chi connectivity index (χ1) is 6.66. The van der Waals surface area contributed by atoms with Gasteiger partial charge in [-0.2, -0.15) is 13.2 Å². The molecule has 0 heterocycles. The maximum Gasteiger partial charge on any atom is 0.397 e. The molecule has 0 aromatic rings. The fourth-order valence-electron chi connectivity index (χ4n) is 0.927. The molecule has 0 aliphatic carbocycles. The van der Waals surface area contributed by atoms with E-state index in [1.807, 2.05) is 13.8 Å². The minimum atomic E-state index is -4.43. The number of hydrogen-bond acceptors (Lipinski definition) is 1. The van der Waals surface area contributed by atoms with Crippen LogP contribution in [0.5, 0.6) is 0 Å². The van der Waals surface area contributed by atoms with Gasteiger partial charge in [-0.1, -0.05) is 29.8 Å². The smallest absolute Gasteiger partial charge is 0.355 e. The summed E-state index contributed by atoms with van der Waals surface area (Å²) in [6.07, 6.45) is -5.04. The van der Waals surface area contributed by atoms with Crippen LogP contribution in [0.1, 0.15) is 26.7 Å². The predicted molar refractivity (Wildman–Crippen MR) is 55.9 cm³/mol. The number of carbonyl (C=O) groups excluding carboxylic acids is 1. The van der Waals surface area contributed by atoms with E-state index in [2.05, 4.69) is 21.2 Å². The lowest BCUT2D eigenvalue weighted by Gasteiger charge is -2.24. The van der Waals surface area contributed by atoms with Crippen molar-refractivity contribution >= 4 is 21.8 Å². The molecule has 0 unspecified atom stereocenters. The number of carbonyl (C=O) groups is 1. The van der Waals surface area contributed by atoms with Gasteiger partial charge in [0.05, 0.1) is 0 Å². The van der Waals surface area contributed by atoms with Crippen LogP contribution in [0.15, 0.2) is 0 Å². The quantitative estimate of drug-likeness (QED) is 0.775. The third-order valence-electron chi connectivity index (χ3n) is 1.90. The molecule has 0 saturated carbocycles. The van der Waals surface area contributed by atoms with Gasteiger partial charge in [0.25, 0.3) is 0 Å². The Balaban J connectivity index is 3.90. The minimum absolute atomic E-state index is 0.190. The molecule has 0 saturated heterocycles. The highest BCUT2D eigenvalue weighted by Gasteiger charge is 2.31. The lowest BCUT2D eigenvalue weighted by Crippen LogP contribution is -2.36. The molecule has 0 aromatic heterocycles. The predicted octanol–water partition coefficient (Wildman–Crippen LogP) is 2.87. The van der Waals surface area contributed by atoms with Gasteiger partial charge in [-0.25, -0.2) is 0 Å². The number of rotatable bonds is 5. The van der Waals surface area contributed by atoms with Crippen molar-refractivity contribution in [1.82, 2.24) is 5.32 Å². The standard InChI is InChI=1S/C9H15BrF3NO/c1-8(2,3-4-10)6-14-7(15)5-9(11,12)13/h3-6H2,1-2H3,(H,14,15). The van der Waals surface area contributed by atoms with E-state index in [9.17, 15) is 18.0 Å². The second-order valence-electron chi connectivity index (χ2n) is 4.17. The Morgan fingerprint density at radius 1 is 1.33 bits per heavy atom. The van der Waals surface area contributed by atoms with E-state index in [1.54, 1.807) is 0 Å². The van der Waals surface area contributed by atoms with Gasteiger partial charge >= 0.3 is 6.18 Å². The van der Waals surface area contributed by atoms with Crippen molar-refractivity contribution in [3.63, 3.8) is 0 Å². The van der Waals surface area contributed by atoms with Crippen molar-refractivity contribution in [1.29, 1.82) is 0 Å². The molecule has 0 bridgehead atoms. The van der Waals surface area contributed by atoms with Crippen molar-refractivity contribution in [3.8, 4) is 0 Å². The van der Waals surface area contributed by atoms with Crippen molar-refractivity contribution in [2.24, 2.45) is 5.41 Å². The molecule has 0 aromatic carbocycles. The largest absolute Gasteiger partial charge is 0.397 e. The van der Waals surface area contributed by atoms with Gasteiger partial charge in [0.2, 0.25) is 5.91 Å². The molecule has 0 aliphatic rings. The molecule has 2 nitrogen and oxygen atoms in total. The van der Waals surface area contributed by atoms with Crippen LogP contribution in [0, 0.1) is 5.41 Å². The normalized spacial score (nSPS) is 12.7. The van der Waals surface area contributed by atoms with Gasteiger partial charge in [0.1, 0.15) is 6.42 Å². The molecule has 6 heteroatoms. The highest BCUT2D eigenvalue weighted by Crippen LogP contribution is 2.21.